The Morgan fingerprint density at radius 2 is 1.50 bits per heavy atom. The van der Waals surface area contributed by atoms with Crippen molar-refractivity contribution in [3.63, 3.8) is 0 Å². The van der Waals surface area contributed by atoms with Gasteiger partial charge < -0.3 is 18.9 Å². The molecule has 0 radical (unpaired) electrons. The Bertz CT molecular complexity index is 1280. The number of amides is 2. The van der Waals surface area contributed by atoms with E-state index < -0.39 is 11.8 Å². The number of para-hydroxylation sites is 1. The molecule has 0 unspecified atom stereocenters. The van der Waals surface area contributed by atoms with Gasteiger partial charge in [-0.2, -0.15) is 0 Å². The third kappa shape index (κ3) is 5.27. The second-order valence-electron chi connectivity index (χ2n) is 8.17. The summed E-state index contributed by atoms with van der Waals surface area (Å²) in [5.41, 5.74) is 6.07. The third-order valence-electron chi connectivity index (χ3n) is 5.78. The Morgan fingerprint density at radius 1 is 0.833 bits per heavy atom. The van der Waals surface area contributed by atoms with Crippen LogP contribution in [-0.2, 0) is 9.59 Å². The van der Waals surface area contributed by atoms with Crippen molar-refractivity contribution in [2.24, 2.45) is 0 Å². The molecular weight excluding hydrogens is 460 g/mol. The van der Waals surface area contributed by atoms with E-state index in [0.717, 1.165) is 11.3 Å². The van der Waals surface area contributed by atoms with Crippen LogP contribution in [0.1, 0.15) is 16.7 Å². The summed E-state index contributed by atoms with van der Waals surface area (Å²) in [7, 11) is 3.02. The van der Waals surface area contributed by atoms with Gasteiger partial charge >= 0.3 is 0 Å². The minimum atomic E-state index is -0.495. The van der Waals surface area contributed by atoms with Crippen LogP contribution in [0.5, 0.6) is 23.0 Å². The fourth-order valence-corrected chi connectivity index (χ4v) is 3.72. The number of carbonyl (C=O) groups excluding carboxylic acids is 2. The lowest BCUT2D eigenvalue weighted by atomic mass is 10.1. The monoisotopic (exact) mass is 488 g/mol. The van der Waals surface area contributed by atoms with Crippen LogP contribution >= 0.6 is 0 Å². The second-order valence-corrected chi connectivity index (χ2v) is 8.17. The number of nitrogens with one attached hydrogen (secondary N) is 1. The van der Waals surface area contributed by atoms with E-state index in [-0.39, 0.29) is 12.2 Å². The molecule has 1 aliphatic heterocycles. The fraction of sp³-hybridized carbons (Fsp3) is 0.214. The van der Waals surface area contributed by atoms with E-state index in [9.17, 15) is 9.59 Å². The first-order valence-electron chi connectivity index (χ1n) is 11.4. The molecule has 1 aliphatic rings. The maximum absolute atomic E-state index is 12.9. The fourth-order valence-electron chi connectivity index (χ4n) is 3.72. The van der Waals surface area contributed by atoms with Gasteiger partial charge in [0.15, 0.2) is 11.5 Å². The van der Waals surface area contributed by atoms with Crippen LogP contribution in [0.4, 0.5) is 5.69 Å². The van der Waals surface area contributed by atoms with Crippen LogP contribution in [0.3, 0.4) is 0 Å². The van der Waals surface area contributed by atoms with Gasteiger partial charge in [-0.1, -0.05) is 24.3 Å². The van der Waals surface area contributed by atoms with Gasteiger partial charge in [-0.05, 0) is 73.0 Å². The largest absolute Gasteiger partial charge is 0.493 e. The molecule has 186 valence electrons. The van der Waals surface area contributed by atoms with Crippen molar-refractivity contribution < 1.29 is 28.5 Å². The zero-order chi connectivity index (χ0) is 25.7. The van der Waals surface area contributed by atoms with E-state index in [2.05, 4.69) is 12.3 Å². The molecule has 0 aromatic heterocycles. The van der Waals surface area contributed by atoms with E-state index >= 15 is 0 Å². The molecule has 3 aromatic rings. The smallest absolute Gasteiger partial charge is 0.282 e. The van der Waals surface area contributed by atoms with Gasteiger partial charge in [0, 0.05) is 0 Å². The van der Waals surface area contributed by atoms with Gasteiger partial charge in [-0.25, -0.2) is 5.01 Å². The summed E-state index contributed by atoms with van der Waals surface area (Å²) in [6.07, 6.45) is 1.50. The van der Waals surface area contributed by atoms with Crippen molar-refractivity contribution in [1.82, 2.24) is 5.43 Å². The highest BCUT2D eigenvalue weighted by Gasteiger charge is 2.34. The van der Waals surface area contributed by atoms with Gasteiger partial charge in [0.05, 0.1) is 19.9 Å². The van der Waals surface area contributed by atoms with Crippen molar-refractivity contribution in [1.29, 1.82) is 0 Å². The van der Waals surface area contributed by atoms with Crippen molar-refractivity contribution in [2.45, 2.75) is 13.8 Å². The molecule has 0 spiro atoms. The molecule has 8 nitrogen and oxygen atoms in total. The number of ether oxygens (including phenoxy) is 4. The molecule has 8 heteroatoms. The van der Waals surface area contributed by atoms with Crippen LogP contribution < -0.4 is 29.4 Å². The summed E-state index contributed by atoms with van der Waals surface area (Å²) in [4.78, 5) is 25.4. The molecule has 0 bridgehead atoms. The predicted molar refractivity (Wildman–Crippen MR) is 136 cm³/mol. The molecule has 2 amide bonds. The Kier molecular flexibility index (Phi) is 7.44. The minimum Gasteiger partial charge on any atom is -0.493 e. The number of methoxy groups -OCH3 is 2. The summed E-state index contributed by atoms with van der Waals surface area (Å²) < 4.78 is 22.7. The van der Waals surface area contributed by atoms with E-state index in [1.165, 1.54) is 30.9 Å². The number of hydrogen-bond donors (Lipinski definition) is 1. The topological polar surface area (TPSA) is 86.3 Å². The first-order chi connectivity index (χ1) is 17.4. The number of hydrogen-bond acceptors (Lipinski definition) is 6. The SMILES string of the molecule is COc1cc(C=C2C(=O)NN(c3ccccc3)C2=O)cc(OC)c1OCCOc1ccc(C)c(C)c1. The number of anilines is 1. The van der Waals surface area contributed by atoms with Crippen LogP contribution in [0, 0.1) is 13.8 Å². The molecular formula is C28H28N2O6. The summed E-state index contributed by atoms with van der Waals surface area (Å²) >= 11 is 0. The Labute approximate surface area is 210 Å². The van der Waals surface area contributed by atoms with Crippen molar-refractivity contribution in [3.8, 4) is 23.0 Å². The molecule has 0 atom stereocenters. The molecule has 1 saturated heterocycles. The van der Waals surface area contributed by atoms with E-state index in [4.69, 9.17) is 18.9 Å². The van der Waals surface area contributed by atoms with E-state index in [0.29, 0.717) is 35.1 Å². The summed E-state index contributed by atoms with van der Waals surface area (Å²) in [5, 5.41) is 1.22. The summed E-state index contributed by atoms with van der Waals surface area (Å²) in [6, 6.07) is 18.2. The lowest BCUT2D eigenvalue weighted by molar-refractivity contribution is -0.117. The molecule has 36 heavy (non-hydrogen) atoms. The van der Waals surface area contributed by atoms with Crippen molar-refractivity contribution in [2.75, 3.05) is 32.4 Å². The minimum absolute atomic E-state index is 0.00146. The van der Waals surface area contributed by atoms with Crippen LogP contribution in [0.2, 0.25) is 0 Å². The first kappa shape index (κ1) is 24.7. The number of rotatable bonds is 9. The average Bonchev–Trinajstić information content (AvgIpc) is 3.17. The zero-order valence-corrected chi connectivity index (χ0v) is 20.7. The van der Waals surface area contributed by atoms with Gasteiger partial charge in [-0.15, -0.1) is 0 Å². The van der Waals surface area contributed by atoms with Gasteiger partial charge in [0.25, 0.3) is 11.8 Å². The first-order valence-corrected chi connectivity index (χ1v) is 11.4. The van der Waals surface area contributed by atoms with E-state index in [1.807, 2.05) is 31.2 Å². The summed E-state index contributed by atoms with van der Waals surface area (Å²) in [6.45, 7) is 4.67. The zero-order valence-electron chi connectivity index (χ0n) is 20.7. The highest BCUT2D eigenvalue weighted by atomic mass is 16.6. The van der Waals surface area contributed by atoms with Crippen LogP contribution in [0.25, 0.3) is 6.08 Å². The highest BCUT2D eigenvalue weighted by Crippen LogP contribution is 2.39. The molecule has 1 N–H and O–H groups in total. The normalized spacial score (nSPS) is 14.1. The number of benzene rings is 3. The maximum Gasteiger partial charge on any atom is 0.282 e. The van der Waals surface area contributed by atoms with Crippen molar-refractivity contribution in [3.05, 3.63) is 82.9 Å². The second kappa shape index (κ2) is 10.9. The highest BCUT2D eigenvalue weighted by molar-refractivity contribution is 6.31. The van der Waals surface area contributed by atoms with Gasteiger partial charge in [0.2, 0.25) is 5.75 Å². The molecule has 0 aliphatic carbocycles. The average molecular weight is 489 g/mol. The van der Waals surface area contributed by atoms with Crippen LogP contribution in [-0.4, -0.2) is 39.2 Å². The lowest BCUT2D eigenvalue weighted by Crippen LogP contribution is -2.35. The van der Waals surface area contributed by atoms with Crippen LogP contribution in [0.15, 0.2) is 66.2 Å². The third-order valence-corrected chi connectivity index (χ3v) is 5.78. The lowest BCUT2D eigenvalue weighted by Gasteiger charge is -2.16. The Morgan fingerprint density at radius 3 is 2.14 bits per heavy atom. The molecule has 1 fully saturated rings. The van der Waals surface area contributed by atoms with Gasteiger partial charge in [0.1, 0.15) is 24.5 Å². The quantitative estimate of drug-likeness (QED) is 0.276. The molecule has 4 rings (SSSR count). The summed E-state index contributed by atoms with van der Waals surface area (Å²) in [5.74, 6) is 1.03. The Balaban J connectivity index is 1.50. The van der Waals surface area contributed by atoms with E-state index in [1.54, 1.807) is 36.4 Å². The molecule has 1 heterocycles. The number of carbonyl (C=O) groups is 2. The molecule has 3 aromatic carbocycles. The number of nitrogens with zero attached hydrogens (tertiary/aromatic N) is 1. The Hall–Kier alpha value is -4.46. The predicted octanol–water partition coefficient (Wildman–Crippen LogP) is 4.24. The van der Waals surface area contributed by atoms with Gasteiger partial charge in [-0.3, -0.25) is 15.0 Å². The number of hydrazine groups is 1. The number of aryl methyl sites for hydroxylation is 2. The molecule has 0 saturated carbocycles. The maximum atomic E-state index is 12.9. The van der Waals surface area contributed by atoms with Crippen molar-refractivity contribution >= 4 is 23.6 Å². The standard InChI is InChI=1S/C28H28N2O6/c1-18-10-11-22(14-19(18)2)35-12-13-36-26-24(33-3)16-20(17-25(26)34-4)15-23-27(31)29-30(28(23)32)21-8-6-5-7-9-21/h5-11,14-17H,12-13H2,1-4H3,(H,29,31).